The summed E-state index contributed by atoms with van der Waals surface area (Å²) in [5.74, 6) is 0.825. The Morgan fingerprint density at radius 3 is 1.92 bits per heavy atom. The van der Waals surface area contributed by atoms with Crippen molar-refractivity contribution in [2.45, 2.75) is 105 Å². The maximum atomic E-state index is 2.68. The molecule has 0 amide bonds. The van der Waals surface area contributed by atoms with Crippen LogP contribution in [0.4, 0.5) is 0 Å². The Balaban J connectivity index is 2.01. The first-order chi connectivity index (χ1) is 11.6. The molecule has 1 saturated heterocycles. The molecule has 2 heterocycles. The van der Waals surface area contributed by atoms with Crippen LogP contribution in [0.25, 0.3) is 0 Å². The first-order valence-electron chi connectivity index (χ1n) is 10.5. The predicted molar refractivity (Wildman–Crippen MR) is 118 cm³/mol. The Hall–Kier alpha value is -0.340. The minimum absolute atomic E-state index is 0.262. The zero-order valence-electron chi connectivity index (χ0n) is 19.1. The molecule has 2 heteroatoms. The highest BCUT2D eigenvalue weighted by molar-refractivity contribution is 7.12. The maximum Gasteiger partial charge on any atom is 0.0125 e. The number of thiophene rings is 1. The normalized spacial score (nSPS) is 20.8. The fraction of sp³-hybridized carbons (Fsp3) is 0.833. The second kappa shape index (κ2) is 7.24. The second-order valence-electron chi connectivity index (χ2n) is 11.9. The molecule has 1 unspecified atom stereocenters. The van der Waals surface area contributed by atoms with Gasteiger partial charge in [-0.15, -0.1) is 11.3 Å². The minimum Gasteiger partial charge on any atom is -0.298 e. The van der Waals surface area contributed by atoms with Gasteiger partial charge in [-0.25, -0.2) is 0 Å². The van der Waals surface area contributed by atoms with Crippen molar-refractivity contribution in [3.63, 3.8) is 0 Å². The molecule has 1 aromatic rings. The van der Waals surface area contributed by atoms with E-state index in [1.807, 2.05) is 11.3 Å². The van der Waals surface area contributed by atoms with E-state index in [4.69, 9.17) is 0 Å². The Labute approximate surface area is 167 Å². The van der Waals surface area contributed by atoms with Gasteiger partial charge < -0.3 is 0 Å². The smallest absolute Gasteiger partial charge is 0.0125 e. The molecule has 1 fully saturated rings. The standard InChI is InChI=1S/C24H43NS/c1-21(2,3)19-11-12-20(26-19)24(9,10)15-14-23(7,8)18-13-16-25(17-18)22(4,5)6/h11-12,18H,13-17H2,1-10H3. The highest BCUT2D eigenvalue weighted by Gasteiger charge is 2.39. The molecule has 1 aliphatic rings. The SMILES string of the molecule is CC(C)(C)c1ccc(C(C)(C)CCC(C)(C)C2CCN(C(C)(C)C)C2)s1. The topological polar surface area (TPSA) is 3.24 Å². The third-order valence-electron chi connectivity index (χ3n) is 6.65. The second-order valence-corrected chi connectivity index (χ2v) is 13.0. The Bertz CT molecular complexity index is 594. The van der Waals surface area contributed by atoms with Crippen LogP contribution in [0.15, 0.2) is 12.1 Å². The van der Waals surface area contributed by atoms with Crippen molar-refractivity contribution in [1.82, 2.24) is 4.90 Å². The molecular weight excluding hydrogens is 334 g/mol. The van der Waals surface area contributed by atoms with Crippen molar-refractivity contribution < 1.29 is 0 Å². The van der Waals surface area contributed by atoms with Crippen molar-refractivity contribution in [3.05, 3.63) is 21.9 Å². The van der Waals surface area contributed by atoms with Gasteiger partial charge in [0.25, 0.3) is 0 Å². The highest BCUT2D eigenvalue weighted by atomic mass is 32.1. The summed E-state index contributed by atoms with van der Waals surface area (Å²) in [5.41, 5.74) is 1.26. The van der Waals surface area contributed by atoms with Gasteiger partial charge in [-0.05, 0) is 80.9 Å². The van der Waals surface area contributed by atoms with Crippen LogP contribution in [0.2, 0.25) is 0 Å². The van der Waals surface area contributed by atoms with Gasteiger partial charge in [0, 0.05) is 21.8 Å². The van der Waals surface area contributed by atoms with Crippen LogP contribution in [0.3, 0.4) is 0 Å². The van der Waals surface area contributed by atoms with Gasteiger partial charge in [0.05, 0.1) is 0 Å². The fourth-order valence-electron chi connectivity index (χ4n) is 4.07. The summed E-state index contributed by atoms with van der Waals surface area (Å²) in [6.45, 7) is 26.5. The Kier molecular flexibility index (Phi) is 6.12. The largest absolute Gasteiger partial charge is 0.298 e. The monoisotopic (exact) mass is 377 g/mol. The van der Waals surface area contributed by atoms with Crippen LogP contribution in [-0.2, 0) is 10.8 Å². The van der Waals surface area contributed by atoms with Gasteiger partial charge in [0.1, 0.15) is 0 Å². The van der Waals surface area contributed by atoms with Crippen LogP contribution in [-0.4, -0.2) is 23.5 Å². The van der Waals surface area contributed by atoms with Crippen LogP contribution < -0.4 is 0 Å². The van der Waals surface area contributed by atoms with Crippen molar-refractivity contribution in [1.29, 1.82) is 0 Å². The molecule has 0 aliphatic carbocycles. The summed E-state index contributed by atoms with van der Waals surface area (Å²) in [5, 5.41) is 0. The van der Waals surface area contributed by atoms with Gasteiger partial charge >= 0.3 is 0 Å². The summed E-state index contributed by atoms with van der Waals surface area (Å²) in [6, 6.07) is 4.74. The van der Waals surface area contributed by atoms with E-state index in [-0.39, 0.29) is 10.8 Å². The molecule has 0 N–H and O–H groups in total. The third kappa shape index (κ3) is 5.13. The molecule has 1 aliphatic heterocycles. The lowest BCUT2D eigenvalue weighted by Crippen LogP contribution is -2.40. The average Bonchev–Trinajstić information content (AvgIpc) is 3.13. The highest BCUT2D eigenvalue weighted by Crippen LogP contribution is 2.44. The van der Waals surface area contributed by atoms with Gasteiger partial charge in [0.15, 0.2) is 0 Å². The average molecular weight is 378 g/mol. The number of rotatable bonds is 5. The van der Waals surface area contributed by atoms with E-state index in [0.29, 0.717) is 11.0 Å². The molecule has 1 atom stereocenters. The van der Waals surface area contributed by atoms with Crippen molar-refractivity contribution in [2.24, 2.45) is 11.3 Å². The minimum atomic E-state index is 0.262. The summed E-state index contributed by atoms with van der Waals surface area (Å²) < 4.78 is 0. The Morgan fingerprint density at radius 2 is 1.46 bits per heavy atom. The molecule has 0 bridgehead atoms. The first kappa shape index (κ1) is 22.0. The molecule has 0 radical (unpaired) electrons. The van der Waals surface area contributed by atoms with E-state index in [1.165, 1.54) is 37.2 Å². The van der Waals surface area contributed by atoms with E-state index < -0.39 is 0 Å². The molecule has 2 rings (SSSR count). The van der Waals surface area contributed by atoms with Crippen molar-refractivity contribution >= 4 is 11.3 Å². The number of hydrogen-bond donors (Lipinski definition) is 0. The van der Waals surface area contributed by atoms with Crippen molar-refractivity contribution in [2.75, 3.05) is 13.1 Å². The van der Waals surface area contributed by atoms with Gasteiger partial charge in [0.2, 0.25) is 0 Å². The summed E-state index contributed by atoms with van der Waals surface area (Å²) in [6.07, 6.45) is 3.94. The van der Waals surface area contributed by atoms with Crippen LogP contribution in [0.1, 0.15) is 98.3 Å². The van der Waals surface area contributed by atoms with Crippen LogP contribution in [0.5, 0.6) is 0 Å². The molecule has 0 saturated carbocycles. The van der Waals surface area contributed by atoms with E-state index in [9.17, 15) is 0 Å². The third-order valence-corrected chi connectivity index (χ3v) is 8.53. The summed E-state index contributed by atoms with van der Waals surface area (Å²) >= 11 is 2.03. The predicted octanol–water partition coefficient (Wildman–Crippen LogP) is 7.25. The quantitative estimate of drug-likeness (QED) is 0.522. The number of hydrogen-bond acceptors (Lipinski definition) is 2. The Morgan fingerprint density at radius 1 is 0.885 bits per heavy atom. The fourth-order valence-corrected chi connectivity index (χ4v) is 5.27. The van der Waals surface area contributed by atoms with E-state index in [0.717, 1.165) is 5.92 Å². The lowest BCUT2D eigenvalue weighted by atomic mass is 9.71. The summed E-state index contributed by atoms with van der Waals surface area (Å²) in [4.78, 5) is 5.75. The molecule has 0 aromatic carbocycles. The van der Waals surface area contributed by atoms with Crippen LogP contribution in [0, 0.1) is 11.3 Å². The van der Waals surface area contributed by atoms with Gasteiger partial charge in [-0.3, -0.25) is 4.90 Å². The maximum absolute atomic E-state index is 2.68. The number of nitrogens with zero attached hydrogens (tertiary/aromatic N) is 1. The molecule has 0 spiro atoms. The van der Waals surface area contributed by atoms with Crippen molar-refractivity contribution in [3.8, 4) is 0 Å². The number of likely N-dealkylation sites (tertiary alicyclic amines) is 1. The lowest BCUT2D eigenvalue weighted by molar-refractivity contribution is 0.132. The zero-order valence-corrected chi connectivity index (χ0v) is 19.9. The van der Waals surface area contributed by atoms with E-state index in [1.54, 1.807) is 4.88 Å². The molecule has 1 aromatic heterocycles. The molecule has 26 heavy (non-hydrogen) atoms. The molecule has 1 nitrogen and oxygen atoms in total. The molecular formula is C24H43NS. The van der Waals surface area contributed by atoms with Crippen LogP contribution >= 0.6 is 11.3 Å². The summed E-state index contributed by atoms with van der Waals surface area (Å²) in [7, 11) is 0. The van der Waals surface area contributed by atoms with Gasteiger partial charge in [-0.1, -0.05) is 48.5 Å². The lowest BCUT2D eigenvalue weighted by Gasteiger charge is -2.37. The van der Waals surface area contributed by atoms with Gasteiger partial charge in [-0.2, -0.15) is 0 Å². The van der Waals surface area contributed by atoms with E-state index >= 15 is 0 Å². The zero-order chi connectivity index (χ0) is 20.0. The first-order valence-corrected chi connectivity index (χ1v) is 11.3. The van der Waals surface area contributed by atoms with E-state index in [2.05, 4.69) is 86.3 Å². The molecule has 150 valence electrons.